The molecule has 156 valence electrons. The molecule has 3 heterocycles. The van der Waals surface area contributed by atoms with Crippen molar-refractivity contribution in [1.82, 2.24) is 24.7 Å². The SMILES string of the molecule is Cc1ccc(CN2CC(C(=O)N3CCNCC3c3nccn3C)CC2=O)cc1.Cl. The van der Waals surface area contributed by atoms with Crippen LogP contribution in [0, 0.1) is 12.8 Å². The van der Waals surface area contributed by atoms with Crippen LogP contribution in [0.15, 0.2) is 36.7 Å². The molecule has 4 rings (SSSR count). The number of hydrogen-bond acceptors (Lipinski definition) is 4. The number of nitrogens with one attached hydrogen (secondary N) is 1. The smallest absolute Gasteiger partial charge is 0.228 e. The molecule has 2 fully saturated rings. The highest BCUT2D eigenvalue weighted by Crippen LogP contribution is 2.27. The van der Waals surface area contributed by atoms with Gasteiger partial charge in [-0.2, -0.15) is 0 Å². The minimum absolute atomic E-state index is 0. The van der Waals surface area contributed by atoms with Gasteiger partial charge in [-0.1, -0.05) is 29.8 Å². The molecular weight excluding hydrogens is 390 g/mol. The predicted octanol–water partition coefficient (Wildman–Crippen LogP) is 1.67. The first-order valence-corrected chi connectivity index (χ1v) is 9.84. The maximum atomic E-state index is 13.3. The average molecular weight is 418 g/mol. The minimum Gasteiger partial charge on any atom is -0.338 e. The number of carbonyl (C=O) groups is 2. The highest BCUT2D eigenvalue weighted by molar-refractivity contribution is 5.89. The molecule has 1 aromatic heterocycles. The van der Waals surface area contributed by atoms with Gasteiger partial charge in [0, 0.05) is 58.6 Å². The van der Waals surface area contributed by atoms with E-state index in [2.05, 4.69) is 22.4 Å². The van der Waals surface area contributed by atoms with Crippen molar-refractivity contribution in [2.24, 2.45) is 13.0 Å². The number of piperazine rings is 1. The number of benzene rings is 1. The zero-order chi connectivity index (χ0) is 19.7. The Bertz CT molecular complexity index is 866. The van der Waals surface area contributed by atoms with E-state index in [1.807, 2.05) is 46.7 Å². The quantitative estimate of drug-likeness (QED) is 0.821. The molecule has 0 radical (unpaired) electrons. The van der Waals surface area contributed by atoms with Crippen LogP contribution >= 0.6 is 12.4 Å². The fraction of sp³-hybridized carbons (Fsp3) is 0.476. The van der Waals surface area contributed by atoms with Crippen LogP contribution in [0.25, 0.3) is 0 Å². The molecular formula is C21H28ClN5O2. The lowest BCUT2D eigenvalue weighted by Gasteiger charge is -2.37. The van der Waals surface area contributed by atoms with Gasteiger partial charge in [-0.3, -0.25) is 9.59 Å². The van der Waals surface area contributed by atoms with Crippen molar-refractivity contribution < 1.29 is 9.59 Å². The molecule has 29 heavy (non-hydrogen) atoms. The Morgan fingerprint density at radius 3 is 2.72 bits per heavy atom. The van der Waals surface area contributed by atoms with E-state index in [0.29, 0.717) is 32.6 Å². The zero-order valence-electron chi connectivity index (χ0n) is 16.9. The molecule has 2 unspecified atom stereocenters. The first kappa shape index (κ1) is 21.3. The molecule has 8 heteroatoms. The normalized spacial score (nSPS) is 21.9. The number of hydrogen-bond donors (Lipinski definition) is 1. The largest absolute Gasteiger partial charge is 0.338 e. The van der Waals surface area contributed by atoms with E-state index >= 15 is 0 Å². The van der Waals surface area contributed by atoms with Gasteiger partial charge in [-0.15, -0.1) is 12.4 Å². The van der Waals surface area contributed by atoms with E-state index in [4.69, 9.17) is 0 Å². The summed E-state index contributed by atoms with van der Waals surface area (Å²) in [5.74, 6) is 0.719. The summed E-state index contributed by atoms with van der Waals surface area (Å²) in [5, 5.41) is 3.36. The standard InChI is InChI=1S/C21H27N5O2.ClH/c1-15-3-5-16(6-4-15)13-25-14-17(11-19(25)27)21(28)26-10-7-22-12-18(26)20-23-8-9-24(20)2;/h3-6,8-9,17-18,22H,7,10-14H2,1-2H3;1H. The lowest BCUT2D eigenvalue weighted by atomic mass is 10.0. The number of imidazole rings is 1. The Morgan fingerprint density at radius 2 is 2.03 bits per heavy atom. The van der Waals surface area contributed by atoms with E-state index in [9.17, 15) is 9.59 Å². The second kappa shape index (κ2) is 8.97. The monoisotopic (exact) mass is 417 g/mol. The summed E-state index contributed by atoms with van der Waals surface area (Å²) in [7, 11) is 1.95. The van der Waals surface area contributed by atoms with Crippen LogP contribution in [0.5, 0.6) is 0 Å². The van der Waals surface area contributed by atoms with Crippen LogP contribution in [-0.4, -0.2) is 57.3 Å². The number of halogens is 1. The van der Waals surface area contributed by atoms with Gasteiger partial charge in [-0.25, -0.2) is 4.98 Å². The van der Waals surface area contributed by atoms with Gasteiger partial charge in [0.1, 0.15) is 11.9 Å². The van der Waals surface area contributed by atoms with E-state index in [0.717, 1.165) is 17.9 Å². The molecule has 0 aliphatic carbocycles. The first-order valence-electron chi connectivity index (χ1n) is 9.84. The third kappa shape index (κ3) is 4.46. The molecule has 2 saturated heterocycles. The van der Waals surface area contributed by atoms with E-state index in [-0.39, 0.29) is 36.2 Å². The summed E-state index contributed by atoms with van der Waals surface area (Å²) in [6.45, 7) is 5.19. The topological polar surface area (TPSA) is 70.5 Å². The third-order valence-corrected chi connectivity index (χ3v) is 5.74. The Morgan fingerprint density at radius 1 is 1.28 bits per heavy atom. The van der Waals surface area contributed by atoms with Gasteiger partial charge >= 0.3 is 0 Å². The molecule has 2 atom stereocenters. The maximum absolute atomic E-state index is 13.3. The van der Waals surface area contributed by atoms with Crippen LogP contribution in [0.3, 0.4) is 0 Å². The number of likely N-dealkylation sites (tertiary alicyclic amines) is 1. The highest BCUT2D eigenvalue weighted by Gasteiger charge is 2.40. The first-order chi connectivity index (χ1) is 13.5. The number of rotatable bonds is 4. The molecule has 0 spiro atoms. The van der Waals surface area contributed by atoms with Gasteiger partial charge < -0.3 is 19.7 Å². The van der Waals surface area contributed by atoms with Crippen molar-refractivity contribution in [2.45, 2.75) is 25.9 Å². The molecule has 2 amide bonds. The van der Waals surface area contributed by atoms with Gasteiger partial charge in [0.25, 0.3) is 0 Å². The molecule has 0 saturated carbocycles. The van der Waals surface area contributed by atoms with E-state index < -0.39 is 0 Å². The molecule has 2 aliphatic heterocycles. The lowest BCUT2D eigenvalue weighted by Crippen LogP contribution is -2.51. The Kier molecular flexibility index (Phi) is 6.59. The fourth-order valence-electron chi connectivity index (χ4n) is 4.14. The van der Waals surface area contributed by atoms with Crippen LogP contribution < -0.4 is 5.32 Å². The van der Waals surface area contributed by atoms with Crippen molar-refractivity contribution >= 4 is 24.2 Å². The average Bonchev–Trinajstić information content (AvgIpc) is 3.29. The van der Waals surface area contributed by atoms with Gasteiger partial charge in [0.15, 0.2) is 0 Å². The van der Waals surface area contributed by atoms with Crippen LogP contribution in [0.4, 0.5) is 0 Å². The fourth-order valence-corrected chi connectivity index (χ4v) is 4.14. The number of nitrogens with zero attached hydrogens (tertiary/aromatic N) is 4. The molecule has 1 aromatic carbocycles. The highest BCUT2D eigenvalue weighted by atomic mass is 35.5. The van der Waals surface area contributed by atoms with Crippen molar-refractivity contribution in [3.05, 3.63) is 53.6 Å². The van der Waals surface area contributed by atoms with Gasteiger partial charge in [-0.05, 0) is 12.5 Å². The van der Waals surface area contributed by atoms with Crippen LogP contribution in [-0.2, 0) is 23.2 Å². The number of aromatic nitrogens is 2. The van der Waals surface area contributed by atoms with Gasteiger partial charge in [0.05, 0.1) is 5.92 Å². The maximum Gasteiger partial charge on any atom is 0.228 e. The summed E-state index contributed by atoms with van der Waals surface area (Å²) in [5.41, 5.74) is 2.30. The van der Waals surface area contributed by atoms with Gasteiger partial charge in [0.2, 0.25) is 11.8 Å². The lowest BCUT2D eigenvalue weighted by molar-refractivity contribution is -0.139. The van der Waals surface area contributed by atoms with E-state index in [1.54, 1.807) is 6.20 Å². The summed E-state index contributed by atoms with van der Waals surface area (Å²) in [4.78, 5) is 34.0. The van der Waals surface area contributed by atoms with Crippen molar-refractivity contribution in [3.8, 4) is 0 Å². The summed E-state index contributed by atoms with van der Waals surface area (Å²) >= 11 is 0. The van der Waals surface area contributed by atoms with Crippen molar-refractivity contribution in [1.29, 1.82) is 0 Å². The predicted molar refractivity (Wildman–Crippen MR) is 112 cm³/mol. The Balaban J connectivity index is 0.00000240. The molecule has 0 bridgehead atoms. The Hall–Kier alpha value is -2.38. The summed E-state index contributed by atoms with van der Waals surface area (Å²) in [6, 6.07) is 8.10. The Labute approximate surface area is 177 Å². The summed E-state index contributed by atoms with van der Waals surface area (Å²) in [6.07, 6.45) is 3.95. The molecule has 2 aromatic rings. The minimum atomic E-state index is -0.279. The third-order valence-electron chi connectivity index (χ3n) is 5.74. The van der Waals surface area contributed by atoms with Crippen molar-refractivity contribution in [2.75, 3.05) is 26.2 Å². The number of aryl methyl sites for hydroxylation is 2. The summed E-state index contributed by atoms with van der Waals surface area (Å²) < 4.78 is 1.96. The second-order valence-corrected chi connectivity index (χ2v) is 7.81. The molecule has 1 N–H and O–H groups in total. The number of carbonyl (C=O) groups excluding carboxylic acids is 2. The number of amides is 2. The van der Waals surface area contributed by atoms with E-state index in [1.165, 1.54) is 5.56 Å². The molecule has 2 aliphatic rings. The van der Waals surface area contributed by atoms with Crippen LogP contribution in [0.1, 0.15) is 29.4 Å². The van der Waals surface area contributed by atoms with Crippen LogP contribution in [0.2, 0.25) is 0 Å². The zero-order valence-corrected chi connectivity index (χ0v) is 17.7. The molecule has 7 nitrogen and oxygen atoms in total. The second-order valence-electron chi connectivity index (χ2n) is 7.81. The van der Waals surface area contributed by atoms with Crippen molar-refractivity contribution in [3.63, 3.8) is 0 Å².